The lowest BCUT2D eigenvalue weighted by atomic mass is 10.3. The molecule has 2 aromatic rings. The van der Waals surface area contributed by atoms with E-state index in [9.17, 15) is 0 Å². The highest BCUT2D eigenvalue weighted by Gasteiger charge is 2.01. The normalized spacial score (nSPS) is 10.8. The van der Waals surface area contributed by atoms with Crippen LogP contribution in [0.2, 0.25) is 0 Å². The topological polar surface area (TPSA) is 41.6 Å². The second kappa shape index (κ2) is 2.59. The average Bonchev–Trinajstić information content (AvgIpc) is 2.47. The van der Waals surface area contributed by atoms with Gasteiger partial charge in [0.05, 0.1) is 11.9 Å². The summed E-state index contributed by atoms with van der Waals surface area (Å²) in [5.74, 6) is 0. The maximum atomic E-state index is 4.46. The molecule has 12 heavy (non-hydrogen) atoms. The number of nitrogens with one attached hydrogen (secondary N) is 1. The third kappa shape index (κ3) is 0.978. The van der Waals surface area contributed by atoms with Gasteiger partial charge in [-0.3, -0.25) is 0 Å². The van der Waals surface area contributed by atoms with Crippen molar-refractivity contribution in [2.75, 3.05) is 0 Å². The Morgan fingerprint density at radius 2 is 2.33 bits per heavy atom. The quantitative estimate of drug-likeness (QED) is 0.693. The van der Waals surface area contributed by atoms with Crippen LogP contribution in [0, 0.1) is 6.92 Å². The first-order valence-electron chi connectivity index (χ1n) is 4.11. The number of aromatic amines is 1. The van der Waals surface area contributed by atoms with Gasteiger partial charge < -0.3 is 4.98 Å². The Balaban J connectivity index is 2.71. The zero-order valence-corrected chi connectivity index (χ0v) is 7.26. The predicted molar refractivity (Wildman–Crippen MR) is 48.0 cm³/mol. The summed E-state index contributed by atoms with van der Waals surface area (Å²) < 4.78 is 0. The molecule has 0 aliphatic heterocycles. The highest BCUT2D eigenvalue weighted by atomic mass is 14.9. The Kier molecular flexibility index (Phi) is 1.57. The zero-order valence-electron chi connectivity index (χ0n) is 7.26. The van der Waals surface area contributed by atoms with Gasteiger partial charge in [-0.2, -0.15) is 0 Å². The van der Waals surface area contributed by atoms with Crippen molar-refractivity contribution < 1.29 is 0 Å². The molecule has 2 heterocycles. The van der Waals surface area contributed by atoms with E-state index >= 15 is 0 Å². The molecule has 0 aromatic carbocycles. The molecule has 0 bridgehead atoms. The minimum absolute atomic E-state index is 0.879. The van der Waals surface area contributed by atoms with E-state index < -0.39 is 0 Å². The van der Waals surface area contributed by atoms with Crippen LogP contribution < -0.4 is 0 Å². The molecule has 0 amide bonds. The molecule has 0 saturated carbocycles. The SMILES string of the molecule is CCc1cnc2[nH]cc(C)c2n1. The van der Waals surface area contributed by atoms with Gasteiger partial charge in [0.2, 0.25) is 0 Å². The van der Waals surface area contributed by atoms with Gasteiger partial charge in [-0.25, -0.2) is 9.97 Å². The van der Waals surface area contributed by atoms with Crippen molar-refractivity contribution in [2.45, 2.75) is 20.3 Å². The number of fused-ring (bicyclic) bond motifs is 1. The number of aryl methyl sites for hydroxylation is 2. The number of nitrogens with zero attached hydrogens (tertiary/aromatic N) is 2. The maximum absolute atomic E-state index is 4.46. The fraction of sp³-hybridized carbons (Fsp3) is 0.333. The van der Waals surface area contributed by atoms with Gasteiger partial charge >= 0.3 is 0 Å². The van der Waals surface area contributed by atoms with Gasteiger partial charge in [0, 0.05) is 6.20 Å². The summed E-state index contributed by atoms with van der Waals surface area (Å²) >= 11 is 0. The average molecular weight is 161 g/mol. The molecule has 0 fully saturated rings. The van der Waals surface area contributed by atoms with Crippen LogP contribution in [0.5, 0.6) is 0 Å². The van der Waals surface area contributed by atoms with E-state index in [-0.39, 0.29) is 0 Å². The van der Waals surface area contributed by atoms with Crippen LogP contribution in [-0.2, 0) is 6.42 Å². The number of hydrogen-bond acceptors (Lipinski definition) is 2. The van der Waals surface area contributed by atoms with Crippen LogP contribution in [-0.4, -0.2) is 15.0 Å². The molecule has 0 aliphatic rings. The Labute approximate surface area is 70.9 Å². The van der Waals surface area contributed by atoms with Crippen molar-refractivity contribution in [3.63, 3.8) is 0 Å². The van der Waals surface area contributed by atoms with Gasteiger partial charge in [-0.15, -0.1) is 0 Å². The Morgan fingerprint density at radius 3 is 3.08 bits per heavy atom. The third-order valence-corrected chi connectivity index (χ3v) is 1.98. The predicted octanol–water partition coefficient (Wildman–Crippen LogP) is 1.83. The minimum Gasteiger partial charge on any atom is -0.345 e. The minimum atomic E-state index is 0.879. The smallest absolute Gasteiger partial charge is 0.156 e. The van der Waals surface area contributed by atoms with Crippen LogP contribution in [0.3, 0.4) is 0 Å². The summed E-state index contributed by atoms with van der Waals surface area (Å²) in [6.07, 6.45) is 4.69. The molecule has 0 radical (unpaired) electrons. The highest BCUT2D eigenvalue weighted by molar-refractivity contribution is 5.74. The molecule has 0 unspecified atom stereocenters. The summed E-state index contributed by atoms with van der Waals surface area (Å²) in [4.78, 5) is 11.8. The van der Waals surface area contributed by atoms with E-state index in [2.05, 4.69) is 21.9 Å². The summed E-state index contributed by atoms with van der Waals surface area (Å²) in [6.45, 7) is 4.12. The van der Waals surface area contributed by atoms with Crippen molar-refractivity contribution in [1.29, 1.82) is 0 Å². The molecular formula is C9H11N3. The molecule has 0 spiro atoms. The van der Waals surface area contributed by atoms with Crippen LogP contribution in [0.1, 0.15) is 18.2 Å². The van der Waals surface area contributed by atoms with Gasteiger partial charge in [0.15, 0.2) is 5.65 Å². The van der Waals surface area contributed by atoms with Crippen LogP contribution in [0.4, 0.5) is 0 Å². The summed E-state index contributed by atoms with van der Waals surface area (Å²) in [7, 11) is 0. The van der Waals surface area contributed by atoms with Gasteiger partial charge in [-0.1, -0.05) is 6.92 Å². The van der Waals surface area contributed by atoms with Crippen LogP contribution in [0.15, 0.2) is 12.4 Å². The third-order valence-electron chi connectivity index (χ3n) is 1.98. The molecule has 3 nitrogen and oxygen atoms in total. The van der Waals surface area contributed by atoms with E-state index in [1.54, 1.807) is 0 Å². The molecule has 3 heteroatoms. The number of aromatic nitrogens is 3. The monoisotopic (exact) mass is 161 g/mol. The second-order valence-corrected chi connectivity index (χ2v) is 2.88. The van der Waals surface area contributed by atoms with E-state index in [4.69, 9.17) is 0 Å². The molecule has 2 aromatic heterocycles. The van der Waals surface area contributed by atoms with Gasteiger partial charge in [-0.05, 0) is 18.9 Å². The molecule has 0 aliphatic carbocycles. The van der Waals surface area contributed by atoms with E-state index in [0.29, 0.717) is 0 Å². The van der Waals surface area contributed by atoms with Gasteiger partial charge in [0.1, 0.15) is 5.52 Å². The number of hydrogen-bond donors (Lipinski definition) is 1. The Hall–Kier alpha value is -1.38. The molecular weight excluding hydrogens is 150 g/mol. The van der Waals surface area contributed by atoms with Crippen molar-refractivity contribution in [1.82, 2.24) is 15.0 Å². The Morgan fingerprint density at radius 1 is 1.50 bits per heavy atom. The highest BCUT2D eigenvalue weighted by Crippen LogP contribution is 2.12. The number of H-pyrrole nitrogens is 1. The first kappa shape index (κ1) is 7.28. The second-order valence-electron chi connectivity index (χ2n) is 2.88. The fourth-order valence-corrected chi connectivity index (χ4v) is 1.22. The summed E-state index contributed by atoms with van der Waals surface area (Å²) in [5, 5.41) is 0. The molecule has 1 N–H and O–H groups in total. The standard InChI is InChI=1S/C9H11N3/c1-3-7-5-11-9-8(12-7)6(2)4-10-9/h4-5H,3H2,1-2H3,(H,10,11). The van der Waals surface area contributed by atoms with E-state index in [1.165, 1.54) is 0 Å². The van der Waals surface area contributed by atoms with Gasteiger partial charge in [0.25, 0.3) is 0 Å². The van der Waals surface area contributed by atoms with Crippen molar-refractivity contribution in [3.05, 3.63) is 23.7 Å². The van der Waals surface area contributed by atoms with Crippen molar-refractivity contribution in [3.8, 4) is 0 Å². The zero-order chi connectivity index (χ0) is 8.55. The lowest BCUT2D eigenvalue weighted by molar-refractivity contribution is 1.03. The van der Waals surface area contributed by atoms with Crippen molar-refractivity contribution >= 4 is 11.2 Å². The lowest BCUT2D eigenvalue weighted by Crippen LogP contribution is -1.89. The molecule has 62 valence electrons. The number of rotatable bonds is 1. The fourth-order valence-electron chi connectivity index (χ4n) is 1.22. The van der Waals surface area contributed by atoms with Crippen molar-refractivity contribution in [2.24, 2.45) is 0 Å². The lowest BCUT2D eigenvalue weighted by Gasteiger charge is -1.94. The van der Waals surface area contributed by atoms with E-state index in [1.807, 2.05) is 19.3 Å². The first-order chi connectivity index (χ1) is 5.81. The van der Waals surface area contributed by atoms with Crippen LogP contribution >= 0.6 is 0 Å². The summed E-state index contributed by atoms with van der Waals surface area (Å²) in [5.41, 5.74) is 4.08. The molecule has 0 saturated heterocycles. The molecule has 0 atom stereocenters. The maximum Gasteiger partial charge on any atom is 0.156 e. The Bertz CT molecular complexity index is 403. The largest absolute Gasteiger partial charge is 0.345 e. The van der Waals surface area contributed by atoms with Crippen LogP contribution in [0.25, 0.3) is 11.2 Å². The molecule has 2 rings (SSSR count). The summed E-state index contributed by atoms with van der Waals surface area (Å²) in [6, 6.07) is 0. The van der Waals surface area contributed by atoms with E-state index in [0.717, 1.165) is 28.8 Å². The first-order valence-corrected chi connectivity index (χ1v) is 4.11.